The Kier molecular flexibility index (Phi) is 12.8. The Bertz CT molecular complexity index is 618. The summed E-state index contributed by atoms with van der Waals surface area (Å²) < 4.78 is 13.0. The van der Waals surface area contributed by atoms with E-state index in [1.807, 2.05) is 0 Å². The van der Waals surface area contributed by atoms with E-state index in [-0.39, 0.29) is 41.6 Å². The SMILES string of the molecule is CN=C(NCCCN1CCCCCC1)NCC(Cc1ccc(F)cc1)C(N)=O.I. The van der Waals surface area contributed by atoms with Crippen LogP contribution in [-0.4, -0.2) is 56.5 Å². The van der Waals surface area contributed by atoms with Gasteiger partial charge in [0.25, 0.3) is 0 Å². The van der Waals surface area contributed by atoms with Crippen LogP contribution in [0.5, 0.6) is 0 Å². The first-order chi connectivity index (χ1) is 13.6. The summed E-state index contributed by atoms with van der Waals surface area (Å²) in [5, 5.41) is 6.48. The van der Waals surface area contributed by atoms with Gasteiger partial charge < -0.3 is 21.3 Å². The molecule has 0 bridgehead atoms. The van der Waals surface area contributed by atoms with Gasteiger partial charge in [-0.25, -0.2) is 4.39 Å². The van der Waals surface area contributed by atoms with Gasteiger partial charge in [-0.3, -0.25) is 9.79 Å². The number of guanidine groups is 1. The minimum absolute atomic E-state index is 0. The zero-order chi connectivity index (χ0) is 20.2. The largest absolute Gasteiger partial charge is 0.369 e. The zero-order valence-corrected chi connectivity index (χ0v) is 19.7. The molecule has 8 heteroatoms. The molecule has 6 nitrogen and oxygen atoms in total. The lowest BCUT2D eigenvalue weighted by Gasteiger charge is -2.20. The number of nitrogens with zero attached hydrogens (tertiary/aromatic N) is 2. The maximum Gasteiger partial charge on any atom is 0.222 e. The van der Waals surface area contributed by atoms with Gasteiger partial charge in [0.15, 0.2) is 5.96 Å². The number of amides is 1. The highest BCUT2D eigenvalue weighted by Gasteiger charge is 2.17. The molecule has 1 amide bonds. The Balaban J connectivity index is 0.00000420. The van der Waals surface area contributed by atoms with E-state index in [0.29, 0.717) is 18.9 Å². The van der Waals surface area contributed by atoms with Crippen LogP contribution in [-0.2, 0) is 11.2 Å². The molecule has 0 aromatic heterocycles. The molecule has 1 aliphatic heterocycles. The van der Waals surface area contributed by atoms with Crippen molar-refractivity contribution in [3.8, 4) is 0 Å². The van der Waals surface area contributed by atoms with Crippen molar-refractivity contribution in [3.05, 3.63) is 35.6 Å². The molecule has 0 spiro atoms. The molecule has 29 heavy (non-hydrogen) atoms. The van der Waals surface area contributed by atoms with Gasteiger partial charge in [-0.1, -0.05) is 25.0 Å². The number of hydrogen-bond acceptors (Lipinski definition) is 3. The maximum absolute atomic E-state index is 13.0. The number of rotatable bonds is 9. The summed E-state index contributed by atoms with van der Waals surface area (Å²) in [4.78, 5) is 18.5. The molecule has 0 aliphatic carbocycles. The van der Waals surface area contributed by atoms with Gasteiger partial charge in [-0.15, -0.1) is 24.0 Å². The standard InChI is InChI=1S/C21H34FN5O.HI/c1-24-21(25-11-6-14-27-12-4-2-3-5-13-27)26-16-18(20(23)28)15-17-7-9-19(22)10-8-17;/h7-10,18H,2-6,11-16H2,1H3,(H2,23,28)(H2,24,25,26);1H. The van der Waals surface area contributed by atoms with Crippen molar-refractivity contribution in [2.24, 2.45) is 16.6 Å². The van der Waals surface area contributed by atoms with Crippen LogP contribution < -0.4 is 16.4 Å². The van der Waals surface area contributed by atoms with Crippen molar-refractivity contribution >= 4 is 35.8 Å². The fraction of sp³-hybridized carbons (Fsp3) is 0.619. The molecule has 2 rings (SSSR count). The molecule has 0 saturated carbocycles. The van der Waals surface area contributed by atoms with E-state index in [4.69, 9.17) is 5.73 Å². The third kappa shape index (κ3) is 10.3. The van der Waals surface area contributed by atoms with Gasteiger partial charge in [0.2, 0.25) is 5.91 Å². The molecule has 164 valence electrons. The second-order valence-corrected chi connectivity index (χ2v) is 7.42. The van der Waals surface area contributed by atoms with Crippen molar-refractivity contribution in [1.29, 1.82) is 0 Å². The molecule has 1 aliphatic rings. The van der Waals surface area contributed by atoms with Gasteiger partial charge in [0, 0.05) is 20.1 Å². The number of likely N-dealkylation sites (tertiary alicyclic amines) is 1. The molecule has 1 saturated heterocycles. The minimum Gasteiger partial charge on any atom is -0.369 e. The second-order valence-electron chi connectivity index (χ2n) is 7.42. The van der Waals surface area contributed by atoms with Gasteiger partial charge in [0.05, 0.1) is 5.92 Å². The molecule has 4 N–H and O–H groups in total. The van der Waals surface area contributed by atoms with E-state index in [9.17, 15) is 9.18 Å². The summed E-state index contributed by atoms with van der Waals surface area (Å²) in [5.74, 6) is -0.391. The fourth-order valence-corrected chi connectivity index (χ4v) is 3.49. The van der Waals surface area contributed by atoms with Crippen molar-refractivity contribution in [1.82, 2.24) is 15.5 Å². The monoisotopic (exact) mass is 519 g/mol. The summed E-state index contributed by atoms with van der Waals surface area (Å²) >= 11 is 0. The highest BCUT2D eigenvalue weighted by Crippen LogP contribution is 2.10. The predicted molar refractivity (Wildman–Crippen MR) is 127 cm³/mol. The van der Waals surface area contributed by atoms with E-state index < -0.39 is 0 Å². The minimum atomic E-state index is -0.388. The Morgan fingerprint density at radius 1 is 1.17 bits per heavy atom. The maximum atomic E-state index is 13.0. The molecule has 1 unspecified atom stereocenters. The summed E-state index contributed by atoms with van der Waals surface area (Å²) in [6.45, 7) is 4.72. The van der Waals surface area contributed by atoms with Gasteiger partial charge in [-0.2, -0.15) is 0 Å². The number of aliphatic imine (C=N–C) groups is 1. The number of nitrogens with two attached hydrogens (primary N) is 1. The molecular weight excluding hydrogens is 484 g/mol. The number of nitrogens with one attached hydrogen (secondary N) is 2. The first kappa shape index (κ1) is 25.6. The van der Waals surface area contributed by atoms with Crippen molar-refractivity contribution in [2.75, 3.05) is 39.8 Å². The quantitative estimate of drug-likeness (QED) is 0.203. The van der Waals surface area contributed by atoms with Crippen LogP contribution in [0, 0.1) is 11.7 Å². The molecule has 1 heterocycles. The van der Waals surface area contributed by atoms with Crippen LogP contribution in [0.1, 0.15) is 37.7 Å². The zero-order valence-electron chi connectivity index (χ0n) is 17.3. The van der Waals surface area contributed by atoms with E-state index in [1.54, 1.807) is 19.2 Å². The lowest BCUT2D eigenvalue weighted by Crippen LogP contribution is -2.43. The molecule has 1 fully saturated rings. The number of halogens is 2. The predicted octanol–water partition coefficient (Wildman–Crippen LogP) is 2.52. The van der Waals surface area contributed by atoms with Crippen molar-refractivity contribution in [2.45, 2.75) is 38.5 Å². The van der Waals surface area contributed by atoms with Gasteiger partial charge >= 0.3 is 0 Å². The number of benzene rings is 1. The lowest BCUT2D eigenvalue weighted by molar-refractivity contribution is -0.121. The molecule has 0 radical (unpaired) electrons. The van der Waals surface area contributed by atoms with Crippen LogP contribution in [0.4, 0.5) is 4.39 Å². The van der Waals surface area contributed by atoms with Crippen molar-refractivity contribution in [3.63, 3.8) is 0 Å². The smallest absolute Gasteiger partial charge is 0.222 e. The first-order valence-electron chi connectivity index (χ1n) is 10.3. The third-order valence-corrected chi connectivity index (χ3v) is 5.18. The number of primary amides is 1. The highest BCUT2D eigenvalue weighted by atomic mass is 127. The summed E-state index contributed by atoms with van der Waals surface area (Å²) in [7, 11) is 1.71. The number of carbonyl (C=O) groups excluding carboxylic acids is 1. The Labute approximate surface area is 190 Å². The summed E-state index contributed by atoms with van der Waals surface area (Å²) in [6, 6.07) is 6.15. The van der Waals surface area contributed by atoms with E-state index in [0.717, 1.165) is 25.1 Å². The van der Waals surface area contributed by atoms with Crippen LogP contribution >= 0.6 is 24.0 Å². The van der Waals surface area contributed by atoms with Crippen LogP contribution in [0.15, 0.2) is 29.3 Å². The number of hydrogen-bond donors (Lipinski definition) is 3. The van der Waals surface area contributed by atoms with Gasteiger partial charge in [-0.05, 0) is 63.0 Å². The first-order valence-corrected chi connectivity index (χ1v) is 10.3. The topological polar surface area (TPSA) is 82.8 Å². The normalized spacial score (nSPS) is 16.4. The average molecular weight is 519 g/mol. The summed E-state index contributed by atoms with van der Waals surface area (Å²) in [5.41, 5.74) is 6.42. The van der Waals surface area contributed by atoms with E-state index in [1.165, 1.54) is 50.9 Å². The Morgan fingerprint density at radius 3 is 2.41 bits per heavy atom. The average Bonchev–Trinajstić information content (AvgIpc) is 2.96. The number of carbonyl (C=O) groups is 1. The van der Waals surface area contributed by atoms with E-state index >= 15 is 0 Å². The molecular formula is C21H35FIN5O. The molecule has 1 atom stereocenters. The molecule has 1 aromatic rings. The van der Waals surface area contributed by atoms with E-state index in [2.05, 4.69) is 20.5 Å². The van der Waals surface area contributed by atoms with Crippen molar-refractivity contribution < 1.29 is 9.18 Å². The second kappa shape index (κ2) is 14.5. The van der Waals surface area contributed by atoms with Crippen LogP contribution in [0.25, 0.3) is 0 Å². The van der Waals surface area contributed by atoms with Crippen LogP contribution in [0.3, 0.4) is 0 Å². The lowest BCUT2D eigenvalue weighted by atomic mass is 9.98. The summed E-state index contributed by atoms with van der Waals surface area (Å²) in [6.07, 6.45) is 6.83. The highest BCUT2D eigenvalue weighted by molar-refractivity contribution is 14.0. The Hall–Kier alpha value is -1.42. The van der Waals surface area contributed by atoms with Crippen LogP contribution in [0.2, 0.25) is 0 Å². The fourth-order valence-electron chi connectivity index (χ4n) is 3.49. The van der Waals surface area contributed by atoms with Gasteiger partial charge in [0.1, 0.15) is 5.82 Å². The molecule has 1 aromatic carbocycles. The Morgan fingerprint density at radius 2 is 1.83 bits per heavy atom. The third-order valence-electron chi connectivity index (χ3n) is 5.18.